The Hall–Kier alpha value is 0.210. The Morgan fingerprint density at radius 1 is 1.31 bits per heavy atom. The van der Waals surface area contributed by atoms with E-state index in [1.54, 1.807) is 0 Å². The van der Waals surface area contributed by atoms with E-state index in [9.17, 15) is 0 Å². The topological polar surface area (TPSA) is 21.3 Å². The van der Waals surface area contributed by atoms with Crippen molar-refractivity contribution in [1.29, 1.82) is 0 Å². The fourth-order valence-corrected chi connectivity index (χ4v) is 3.01. The smallest absolute Gasteiger partial charge is 0.0707 e. The molecule has 1 heterocycles. The van der Waals surface area contributed by atoms with E-state index in [0.29, 0.717) is 11.5 Å². The Morgan fingerprint density at radius 3 is 2.56 bits per heavy atom. The van der Waals surface area contributed by atoms with Crippen LogP contribution in [0.1, 0.15) is 46.0 Å². The standard InChI is InChI=1S/C13H24ClNO/c1-12(2)4-3-11(16-12)9-15-10-13(5-6-13)7-8-14/h11,15H,3-10H2,1-2H3. The van der Waals surface area contributed by atoms with Crippen LogP contribution in [0.3, 0.4) is 0 Å². The van der Waals surface area contributed by atoms with Crippen LogP contribution in [0.2, 0.25) is 0 Å². The predicted molar refractivity (Wildman–Crippen MR) is 68.1 cm³/mol. The molecule has 1 aliphatic carbocycles. The van der Waals surface area contributed by atoms with Gasteiger partial charge in [-0.3, -0.25) is 0 Å². The SMILES string of the molecule is CC1(C)CCC(CNCC2(CCCl)CC2)O1. The van der Waals surface area contributed by atoms with E-state index in [-0.39, 0.29) is 5.60 Å². The van der Waals surface area contributed by atoms with Crippen LogP contribution in [0.25, 0.3) is 0 Å². The number of alkyl halides is 1. The van der Waals surface area contributed by atoms with Crippen molar-refractivity contribution in [3.05, 3.63) is 0 Å². The van der Waals surface area contributed by atoms with Gasteiger partial charge in [0.25, 0.3) is 0 Å². The van der Waals surface area contributed by atoms with Crippen LogP contribution in [-0.2, 0) is 4.74 Å². The summed E-state index contributed by atoms with van der Waals surface area (Å²) in [5.74, 6) is 0.800. The third kappa shape index (κ3) is 3.35. The highest BCUT2D eigenvalue weighted by Gasteiger charge is 2.41. The molecule has 0 amide bonds. The lowest BCUT2D eigenvalue weighted by Crippen LogP contribution is -2.33. The molecule has 1 atom stereocenters. The largest absolute Gasteiger partial charge is 0.371 e. The van der Waals surface area contributed by atoms with Crippen molar-refractivity contribution in [3.63, 3.8) is 0 Å². The first-order valence-corrected chi connectivity index (χ1v) is 7.03. The molecule has 2 aliphatic rings. The summed E-state index contributed by atoms with van der Waals surface area (Å²) in [4.78, 5) is 0. The van der Waals surface area contributed by atoms with E-state index in [4.69, 9.17) is 16.3 Å². The molecule has 1 unspecified atom stereocenters. The van der Waals surface area contributed by atoms with Gasteiger partial charge in [0.05, 0.1) is 11.7 Å². The Kier molecular flexibility index (Phi) is 3.82. The highest BCUT2D eigenvalue weighted by atomic mass is 35.5. The summed E-state index contributed by atoms with van der Waals surface area (Å²) in [6, 6.07) is 0. The Balaban J connectivity index is 1.62. The summed E-state index contributed by atoms with van der Waals surface area (Å²) in [5, 5.41) is 3.57. The van der Waals surface area contributed by atoms with Crippen LogP contribution < -0.4 is 5.32 Å². The number of ether oxygens (including phenoxy) is 1. The molecule has 94 valence electrons. The molecular formula is C13H24ClNO. The molecule has 0 spiro atoms. The zero-order valence-corrected chi connectivity index (χ0v) is 11.3. The summed E-state index contributed by atoms with van der Waals surface area (Å²) >= 11 is 5.82. The minimum Gasteiger partial charge on any atom is -0.371 e. The molecule has 0 aromatic heterocycles. The average molecular weight is 246 g/mol. The first-order valence-electron chi connectivity index (χ1n) is 6.50. The minimum absolute atomic E-state index is 0.0970. The second-order valence-electron chi connectivity index (χ2n) is 6.11. The van der Waals surface area contributed by atoms with Crippen LogP contribution in [0.15, 0.2) is 0 Å². The Labute approximate surface area is 104 Å². The molecule has 16 heavy (non-hydrogen) atoms. The number of nitrogens with one attached hydrogen (secondary N) is 1. The van der Waals surface area contributed by atoms with Gasteiger partial charge in [-0.1, -0.05) is 0 Å². The molecule has 2 fully saturated rings. The molecule has 1 aliphatic heterocycles. The normalized spacial score (nSPS) is 30.6. The third-order valence-electron chi connectivity index (χ3n) is 4.01. The van der Waals surface area contributed by atoms with E-state index >= 15 is 0 Å². The zero-order chi connectivity index (χ0) is 11.6. The summed E-state index contributed by atoms with van der Waals surface area (Å²) in [6.45, 7) is 6.50. The summed E-state index contributed by atoms with van der Waals surface area (Å²) < 4.78 is 5.96. The Morgan fingerprint density at radius 2 is 2.06 bits per heavy atom. The predicted octanol–water partition coefficient (Wildman–Crippen LogP) is 2.94. The van der Waals surface area contributed by atoms with Gasteiger partial charge in [-0.2, -0.15) is 0 Å². The van der Waals surface area contributed by atoms with E-state index in [1.165, 1.54) is 32.1 Å². The van der Waals surface area contributed by atoms with Crippen LogP contribution in [0, 0.1) is 5.41 Å². The number of halogens is 1. The lowest BCUT2D eigenvalue weighted by Gasteiger charge is -2.21. The fraction of sp³-hybridized carbons (Fsp3) is 1.00. The quantitative estimate of drug-likeness (QED) is 0.727. The lowest BCUT2D eigenvalue weighted by molar-refractivity contribution is -0.0145. The van der Waals surface area contributed by atoms with Crippen molar-refractivity contribution in [2.45, 2.75) is 57.7 Å². The molecule has 3 heteroatoms. The maximum Gasteiger partial charge on any atom is 0.0707 e. The minimum atomic E-state index is 0.0970. The monoisotopic (exact) mass is 245 g/mol. The van der Waals surface area contributed by atoms with Gasteiger partial charge in [0.15, 0.2) is 0 Å². The molecule has 0 bridgehead atoms. The molecule has 2 rings (SSSR count). The number of hydrogen-bond acceptors (Lipinski definition) is 2. The van der Waals surface area contributed by atoms with Crippen molar-refractivity contribution in [2.24, 2.45) is 5.41 Å². The fourth-order valence-electron chi connectivity index (χ4n) is 2.61. The molecule has 1 N–H and O–H groups in total. The van der Waals surface area contributed by atoms with E-state index in [1.807, 2.05) is 0 Å². The van der Waals surface area contributed by atoms with Crippen LogP contribution in [0.5, 0.6) is 0 Å². The number of hydrogen-bond donors (Lipinski definition) is 1. The third-order valence-corrected chi connectivity index (χ3v) is 4.20. The van der Waals surface area contributed by atoms with Gasteiger partial charge in [0.2, 0.25) is 0 Å². The molecule has 0 aromatic rings. The summed E-state index contributed by atoms with van der Waals surface area (Å²) in [7, 11) is 0. The van der Waals surface area contributed by atoms with Gasteiger partial charge < -0.3 is 10.1 Å². The average Bonchev–Trinajstić information content (AvgIpc) is 2.86. The maximum atomic E-state index is 5.96. The van der Waals surface area contributed by atoms with Gasteiger partial charge in [-0.05, 0) is 51.4 Å². The second-order valence-corrected chi connectivity index (χ2v) is 6.49. The molecule has 0 aromatic carbocycles. The zero-order valence-electron chi connectivity index (χ0n) is 10.5. The summed E-state index contributed by atoms with van der Waals surface area (Å²) in [5.41, 5.74) is 0.635. The van der Waals surface area contributed by atoms with Gasteiger partial charge >= 0.3 is 0 Å². The second kappa shape index (κ2) is 4.83. The first kappa shape index (κ1) is 12.7. The summed E-state index contributed by atoms with van der Waals surface area (Å²) in [6.07, 6.45) is 6.67. The highest BCUT2D eigenvalue weighted by molar-refractivity contribution is 6.17. The van der Waals surface area contributed by atoms with E-state index in [0.717, 1.165) is 19.0 Å². The highest BCUT2D eigenvalue weighted by Crippen LogP contribution is 2.48. The van der Waals surface area contributed by atoms with Crippen molar-refractivity contribution < 1.29 is 4.74 Å². The van der Waals surface area contributed by atoms with Gasteiger partial charge in [-0.15, -0.1) is 11.6 Å². The molecule has 1 saturated heterocycles. The Bertz CT molecular complexity index is 238. The van der Waals surface area contributed by atoms with Crippen LogP contribution in [-0.4, -0.2) is 30.7 Å². The maximum absolute atomic E-state index is 5.96. The van der Waals surface area contributed by atoms with Crippen LogP contribution >= 0.6 is 11.6 Å². The van der Waals surface area contributed by atoms with Crippen molar-refractivity contribution in [1.82, 2.24) is 5.32 Å². The first-order chi connectivity index (χ1) is 7.55. The van der Waals surface area contributed by atoms with E-state index in [2.05, 4.69) is 19.2 Å². The van der Waals surface area contributed by atoms with Crippen molar-refractivity contribution >= 4 is 11.6 Å². The van der Waals surface area contributed by atoms with Crippen LogP contribution in [0.4, 0.5) is 0 Å². The van der Waals surface area contributed by atoms with Gasteiger partial charge in [0.1, 0.15) is 0 Å². The van der Waals surface area contributed by atoms with E-state index < -0.39 is 0 Å². The van der Waals surface area contributed by atoms with Gasteiger partial charge in [0, 0.05) is 19.0 Å². The molecule has 0 radical (unpaired) electrons. The lowest BCUT2D eigenvalue weighted by atomic mass is 10.0. The molecule has 1 saturated carbocycles. The van der Waals surface area contributed by atoms with Crippen molar-refractivity contribution in [2.75, 3.05) is 19.0 Å². The van der Waals surface area contributed by atoms with Gasteiger partial charge in [-0.25, -0.2) is 0 Å². The number of rotatable bonds is 6. The van der Waals surface area contributed by atoms with Crippen molar-refractivity contribution in [3.8, 4) is 0 Å². The molecule has 2 nitrogen and oxygen atoms in total. The molecular weight excluding hydrogens is 222 g/mol.